The van der Waals surface area contributed by atoms with Crippen molar-refractivity contribution < 1.29 is 5.11 Å². The normalized spacial score (nSPS) is 12.8. The second kappa shape index (κ2) is 6.19. The van der Waals surface area contributed by atoms with E-state index >= 15 is 0 Å². The van der Waals surface area contributed by atoms with E-state index in [0.717, 1.165) is 11.1 Å². The monoisotopic (exact) mass is 309 g/mol. The van der Waals surface area contributed by atoms with Gasteiger partial charge in [0.15, 0.2) is 0 Å². The summed E-state index contributed by atoms with van der Waals surface area (Å²) in [7, 11) is 0. The van der Waals surface area contributed by atoms with Crippen molar-refractivity contribution in [2.45, 2.75) is 52.4 Å². The Kier molecular flexibility index (Phi) is 4.65. The van der Waals surface area contributed by atoms with Gasteiger partial charge in [0.2, 0.25) is 0 Å². The summed E-state index contributed by atoms with van der Waals surface area (Å²) in [6.07, 6.45) is 1.80. The molecule has 23 heavy (non-hydrogen) atoms. The average Bonchev–Trinajstić information content (AvgIpc) is 2.44. The molecule has 2 nitrogen and oxygen atoms in total. The van der Waals surface area contributed by atoms with E-state index in [4.69, 9.17) is 0 Å². The summed E-state index contributed by atoms with van der Waals surface area (Å²) in [5.74, 6) is 0.276. The minimum absolute atomic E-state index is 0.00468. The Balaban J connectivity index is 2.56. The number of hydrogen-bond acceptors (Lipinski definition) is 2. The largest absolute Gasteiger partial charge is 0.505 e. The maximum Gasteiger partial charge on any atom is 0.144 e. The van der Waals surface area contributed by atoms with Crippen LogP contribution in [0, 0.1) is 0 Å². The molecule has 0 spiro atoms. The summed E-state index contributed by atoms with van der Waals surface area (Å²) in [5.41, 5.74) is 3.63. The quantitative estimate of drug-likeness (QED) is 0.705. The first-order valence-corrected chi connectivity index (χ1v) is 8.06. The molecule has 0 atom stereocenters. The Bertz CT molecular complexity index is 701. The van der Waals surface area contributed by atoms with Gasteiger partial charge in [-0.05, 0) is 28.0 Å². The molecule has 1 N–H and O–H groups in total. The van der Waals surface area contributed by atoms with Crippen molar-refractivity contribution in [3.05, 3.63) is 59.2 Å². The number of aliphatic imine (C=N–C) groups is 1. The highest BCUT2D eigenvalue weighted by Gasteiger charge is 2.24. The maximum absolute atomic E-state index is 10.7. The van der Waals surface area contributed by atoms with Crippen LogP contribution in [0.4, 0.5) is 5.69 Å². The van der Waals surface area contributed by atoms with Crippen LogP contribution in [0.25, 0.3) is 0 Å². The zero-order valence-corrected chi connectivity index (χ0v) is 15.0. The highest BCUT2D eigenvalue weighted by atomic mass is 16.3. The van der Waals surface area contributed by atoms with Crippen molar-refractivity contribution in [3.8, 4) is 5.75 Å². The van der Waals surface area contributed by atoms with Crippen LogP contribution in [-0.4, -0.2) is 11.3 Å². The van der Waals surface area contributed by atoms with Crippen molar-refractivity contribution in [2.24, 2.45) is 4.99 Å². The number of nitrogens with zero attached hydrogens (tertiary/aromatic N) is 1. The first-order chi connectivity index (χ1) is 10.6. The van der Waals surface area contributed by atoms with Gasteiger partial charge < -0.3 is 5.11 Å². The molecule has 0 bridgehead atoms. The Morgan fingerprint density at radius 1 is 0.870 bits per heavy atom. The number of benzene rings is 2. The lowest BCUT2D eigenvalue weighted by Gasteiger charge is -2.26. The van der Waals surface area contributed by atoms with Gasteiger partial charge in [-0.15, -0.1) is 0 Å². The van der Waals surface area contributed by atoms with E-state index in [-0.39, 0.29) is 16.6 Å². The summed E-state index contributed by atoms with van der Waals surface area (Å²) in [6, 6.07) is 14.0. The summed E-state index contributed by atoms with van der Waals surface area (Å²) in [5, 5.41) is 10.7. The van der Waals surface area contributed by atoms with Crippen LogP contribution in [0.1, 0.15) is 58.2 Å². The fourth-order valence-corrected chi connectivity index (χ4v) is 2.41. The van der Waals surface area contributed by atoms with Crippen molar-refractivity contribution in [1.29, 1.82) is 0 Å². The van der Waals surface area contributed by atoms with Gasteiger partial charge in [-0.3, -0.25) is 4.99 Å². The average molecular weight is 309 g/mol. The number of phenolic OH excluding ortho intramolecular Hbond substituents is 1. The summed E-state index contributed by atoms with van der Waals surface area (Å²) >= 11 is 0. The lowest BCUT2D eigenvalue weighted by Crippen LogP contribution is -2.16. The Morgan fingerprint density at radius 3 is 2.00 bits per heavy atom. The second-order valence-corrected chi connectivity index (χ2v) is 8.06. The van der Waals surface area contributed by atoms with Crippen LogP contribution in [0.2, 0.25) is 0 Å². The van der Waals surface area contributed by atoms with E-state index in [0.29, 0.717) is 5.69 Å². The molecule has 0 saturated heterocycles. The van der Waals surface area contributed by atoms with Crippen LogP contribution in [0.3, 0.4) is 0 Å². The van der Waals surface area contributed by atoms with Crippen molar-refractivity contribution in [1.82, 2.24) is 0 Å². The molecule has 122 valence electrons. The van der Waals surface area contributed by atoms with Gasteiger partial charge in [0, 0.05) is 11.8 Å². The van der Waals surface area contributed by atoms with E-state index in [1.807, 2.05) is 36.4 Å². The highest BCUT2D eigenvalue weighted by molar-refractivity contribution is 5.83. The lowest BCUT2D eigenvalue weighted by atomic mass is 9.80. The SMILES string of the molecule is CC(C)(C)c1cc(N=Cc2ccccc2)c(O)c(C(C)(C)C)c1. The van der Waals surface area contributed by atoms with Gasteiger partial charge in [0.1, 0.15) is 11.4 Å². The van der Waals surface area contributed by atoms with Crippen LogP contribution in [0.15, 0.2) is 47.5 Å². The maximum atomic E-state index is 10.7. The van der Waals surface area contributed by atoms with E-state index < -0.39 is 0 Å². The summed E-state index contributed by atoms with van der Waals surface area (Å²) < 4.78 is 0. The molecule has 2 aromatic rings. The zero-order chi connectivity index (χ0) is 17.3. The highest BCUT2D eigenvalue weighted by Crippen LogP contribution is 2.41. The van der Waals surface area contributed by atoms with Gasteiger partial charge in [0.05, 0.1) is 0 Å². The standard InChI is InChI=1S/C21H27NO/c1-20(2,3)16-12-17(21(4,5)6)19(23)18(13-16)22-14-15-10-8-7-9-11-15/h7-14,23H,1-6H3. The molecule has 2 heteroatoms. The number of hydrogen-bond donors (Lipinski definition) is 1. The summed E-state index contributed by atoms with van der Waals surface area (Å²) in [4.78, 5) is 4.55. The minimum Gasteiger partial charge on any atom is -0.505 e. The molecule has 0 amide bonds. The third-order valence-corrected chi connectivity index (χ3v) is 3.92. The van der Waals surface area contributed by atoms with Gasteiger partial charge in [-0.25, -0.2) is 0 Å². The van der Waals surface area contributed by atoms with Crippen molar-refractivity contribution in [3.63, 3.8) is 0 Å². The van der Waals surface area contributed by atoms with Crippen LogP contribution >= 0.6 is 0 Å². The van der Waals surface area contributed by atoms with E-state index in [2.05, 4.69) is 52.6 Å². The van der Waals surface area contributed by atoms with Gasteiger partial charge in [-0.1, -0.05) is 77.9 Å². The molecular weight excluding hydrogens is 282 g/mol. The molecule has 0 aliphatic rings. The first kappa shape index (κ1) is 17.3. The van der Waals surface area contributed by atoms with Gasteiger partial charge in [-0.2, -0.15) is 0 Å². The third kappa shape index (κ3) is 4.22. The number of rotatable bonds is 2. The topological polar surface area (TPSA) is 32.6 Å². The third-order valence-electron chi connectivity index (χ3n) is 3.92. The number of aromatic hydroxyl groups is 1. The molecule has 0 fully saturated rings. The molecule has 0 aliphatic heterocycles. The van der Waals surface area contributed by atoms with Crippen LogP contribution in [0.5, 0.6) is 5.75 Å². The van der Waals surface area contributed by atoms with E-state index in [9.17, 15) is 5.11 Å². The fraction of sp³-hybridized carbons (Fsp3) is 0.381. The molecule has 0 saturated carbocycles. The predicted octanol–water partition coefficient (Wildman–Crippen LogP) is 5.74. The Morgan fingerprint density at radius 2 is 1.48 bits per heavy atom. The Labute approximate surface area is 139 Å². The van der Waals surface area contributed by atoms with E-state index in [1.54, 1.807) is 6.21 Å². The smallest absolute Gasteiger partial charge is 0.144 e. The fourth-order valence-electron chi connectivity index (χ4n) is 2.41. The molecule has 2 rings (SSSR count). The van der Waals surface area contributed by atoms with E-state index in [1.165, 1.54) is 5.56 Å². The minimum atomic E-state index is -0.137. The lowest BCUT2D eigenvalue weighted by molar-refractivity contribution is 0.446. The first-order valence-electron chi connectivity index (χ1n) is 8.06. The number of phenols is 1. The predicted molar refractivity (Wildman–Crippen MR) is 99.2 cm³/mol. The molecule has 2 aromatic carbocycles. The molecular formula is C21H27NO. The molecule has 0 radical (unpaired) electrons. The zero-order valence-electron chi connectivity index (χ0n) is 15.0. The van der Waals surface area contributed by atoms with Crippen LogP contribution < -0.4 is 0 Å². The molecule has 0 unspecified atom stereocenters. The summed E-state index contributed by atoms with van der Waals surface area (Å²) in [6.45, 7) is 12.9. The second-order valence-electron chi connectivity index (χ2n) is 8.06. The van der Waals surface area contributed by atoms with Gasteiger partial charge >= 0.3 is 0 Å². The molecule has 0 aromatic heterocycles. The molecule has 0 aliphatic carbocycles. The van der Waals surface area contributed by atoms with Crippen molar-refractivity contribution in [2.75, 3.05) is 0 Å². The van der Waals surface area contributed by atoms with Crippen molar-refractivity contribution >= 4 is 11.9 Å². The Hall–Kier alpha value is -2.09. The molecule has 0 heterocycles. The van der Waals surface area contributed by atoms with Crippen LogP contribution in [-0.2, 0) is 10.8 Å². The van der Waals surface area contributed by atoms with Gasteiger partial charge in [0.25, 0.3) is 0 Å².